The fourth-order valence-electron chi connectivity index (χ4n) is 3.68. The highest BCUT2D eigenvalue weighted by molar-refractivity contribution is 5.63. The molecule has 0 aromatic carbocycles. The lowest BCUT2D eigenvalue weighted by Gasteiger charge is -2.15. The van der Waals surface area contributed by atoms with E-state index in [1.165, 1.54) is 6.42 Å². The molecule has 7 nitrogen and oxygen atoms in total. The van der Waals surface area contributed by atoms with Gasteiger partial charge >= 0.3 is 0 Å². The third-order valence-electron chi connectivity index (χ3n) is 4.90. The van der Waals surface area contributed by atoms with Crippen LogP contribution in [0.25, 0.3) is 11.3 Å². The van der Waals surface area contributed by atoms with Crippen molar-refractivity contribution < 1.29 is 4.52 Å². The summed E-state index contributed by atoms with van der Waals surface area (Å²) < 4.78 is 5.27. The highest BCUT2D eigenvalue weighted by atomic mass is 16.5. The van der Waals surface area contributed by atoms with Crippen molar-refractivity contribution in [1.82, 2.24) is 30.0 Å². The summed E-state index contributed by atoms with van der Waals surface area (Å²) in [6.07, 6.45) is 9.13. The van der Waals surface area contributed by atoms with E-state index in [4.69, 9.17) is 4.52 Å². The zero-order valence-corrected chi connectivity index (χ0v) is 15.1. The first-order valence-corrected chi connectivity index (χ1v) is 8.89. The molecular formula is C19H22N6O. The minimum atomic E-state index is 0.604. The average molecular weight is 350 g/mol. The molecule has 4 heterocycles. The fraction of sp³-hybridized carbons (Fsp3) is 0.421. The lowest BCUT2D eigenvalue weighted by molar-refractivity contribution is 0.315. The van der Waals surface area contributed by atoms with Gasteiger partial charge in [-0.2, -0.15) is 0 Å². The van der Waals surface area contributed by atoms with E-state index in [2.05, 4.69) is 36.1 Å². The number of hydrogen-bond donors (Lipinski definition) is 0. The van der Waals surface area contributed by atoms with Crippen LogP contribution in [-0.4, -0.2) is 43.1 Å². The average Bonchev–Trinajstić information content (AvgIpc) is 3.22. The van der Waals surface area contributed by atoms with Crippen molar-refractivity contribution >= 4 is 0 Å². The van der Waals surface area contributed by atoms with Gasteiger partial charge in [0.05, 0.1) is 17.0 Å². The molecule has 0 amide bonds. The lowest BCUT2D eigenvalue weighted by atomic mass is 10.0. The van der Waals surface area contributed by atoms with Crippen molar-refractivity contribution in [2.24, 2.45) is 5.92 Å². The molecule has 1 aliphatic heterocycles. The Morgan fingerprint density at radius 2 is 2.00 bits per heavy atom. The third-order valence-corrected chi connectivity index (χ3v) is 4.90. The molecule has 0 bridgehead atoms. The van der Waals surface area contributed by atoms with E-state index in [1.807, 2.05) is 26.2 Å². The molecule has 7 heteroatoms. The molecule has 0 N–H and O–H groups in total. The van der Waals surface area contributed by atoms with Gasteiger partial charge in [-0.15, -0.1) is 0 Å². The summed E-state index contributed by atoms with van der Waals surface area (Å²) in [5.41, 5.74) is 4.97. The zero-order valence-electron chi connectivity index (χ0n) is 15.1. The van der Waals surface area contributed by atoms with Gasteiger partial charge in [0.25, 0.3) is 0 Å². The molecule has 4 rings (SSSR count). The first-order chi connectivity index (χ1) is 12.7. The molecule has 134 valence electrons. The van der Waals surface area contributed by atoms with Crippen LogP contribution in [-0.2, 0) is 13.0 Å². The minimum absolute atomic E-state index is 0.604. The van der Waals surface area contributed by atoms with E-state index in [9.17, 15) is 0 Å². The van der Waals surface area contributed by atoms with E-state index in [0.717, 1.165) is 60.0 Å². The van der Waals surface area contributed by atoms with Crippen molar-refractivity contribution in [1.29, 1.82) is 0 Å². The Labute approximate surface area is 152 Å². The predicted molar refractivity (Wildman–Crippen MR) is 96.1 cm³/mol. The van der Waals surface area contributed by atoms with E-state index in [0.29, 0.717) is 5.92 Å². The Morgan fingerprint density at radius 3 is 2.77 bits per heavy atom. The number of likely N-dealkylation sites (tertiary alicyclic amines) is 1. The molecular weight excluding hydrogens is 328 g/mol. The van der Waals surface area contributed by atoms with Gasteiger partial charge in [0.15, 0.2) is 0 Å². The van der Waals surface area contributed by atoms with Crippen LogP contribution in [0.4, 0.5) is 0 Å². The molecule has 1 saturated heterocycles. The SMILES string of the molecule is Cc1noc(C)c1-c1cc(C[C@H]2CCN(Cc3cncnc3)C2)ncn1. The Balaban J connectivity index is 1.41. The lowest BCUT2D eigenvalue weighted by Crippen LogP contribution is -2.21. The van der Waals surface area contributed by atoms with Crippen molar-refractivity contribution in [2.45, 2.75) is 33.2 Å². The van der Waals surface area contributed by atoms with Crippen molar-refractivity contribution in [2.75, 3.05) is 13.1 Å². The summed E-state index contributed by atoms with van der Waals surface area (Å²) in [5.74, 6) is 1.40. The maximum absolute atomic E-state index is 5.27. The normalized spacial score (nSPS) is 17.7. The van der Waals surface area contributed by atoms with E-state index in [1.54, 1.807) is 12.7 Å². The van der Waals surface area contributed by atoms with Gasteiger partial charge in [0.2, 0.25) is 0 Å². The fourth-order valence-corrected chi connectivity index (χ4v) is 3.68. The number of rotatable bonds is 5. The largest absolute Gasteiger partial charge is 0.361 e. The number of aromatic nitrogens is 5. The number of aryl methyl sites for hydroxylation is 2. The van der Waals surface area contributed by atoms with Gasteiger partial charge in [0.1, 0.15) is 18.4 Å². The topological polar surface area (TPSA) is 80.8 Å². The van der Waals surface area contributed by atoms with Crippen LogP contribution >= 0.6 is 0 Å². The van der Waals surface area contributed by atoms with Gasteiger partial charge in [0, 0.05) is 36.7 Å². The van der Waals surface area contributed by atoms with E-state index >= 15 is 0 Å². The van der Waals surface area contributed by atoms with E-state index < -0.39 is 0 Å². The molecule has 0 spiro atoms. The minimum Gasteiger partial charge on any atom is -0.361 e. The summed E-state index contributed by atoms with van der Waals surface area (Å²) in [5, 5.41) is 4.02. The highest BCUT2D eigenvalue weighted by Crippen LogP contribution is 2.27. The zero-order chi connectivity index (χ0) is 17.9. The monoisotopic (exact) mass is 350 g/mol. The molecule has 0 aliphatic carbocycles. The van der Waals surface area contributed by atoms with Gasteiger partial charge in [-0.05, 0) is 45.2 Å². The quantitative estimate of drug-likeness (QED) is 0.699. The van der Waals surface area contributed by atoms with Crippen molar-refractivity contribution in [3.8, 4) is 11.3 Å². The maximum Gasteiger partial charge on any atom is 0.143 e. The van der Waals surface area contributed by atoms with E-state index in [-0.39, 0.29) is 0 Å². The standard InChI is InChI=1S/C19H22N6O/c1-13-19(14(2)26-24-13)18-6-17(22-12-23-18)5-15-3-4-25(9-15)10-16-7-20-11-21-8-16/h6-8,11-12,15H,3-5,9-10H2,1-2H3/t15-/m1/s1. The summed E-state index contributed by atoms with van der Waals surface area (Å²) in [6.45, 7) is 6.93. The molecule has 1 fully saturated rings. The maximum atomic E-state index is 5.27. The van der Waals surface area contributed by atoms with Crippen LogP contribution in [0.3, 0.4) is 0 Å². The second-order valence-corrected chi connectivity index (χ2v) is 6.93. The molecule has 0 unspecified atom stereocenters. The Kier molecular flexibility index (Phi) is 4.71. The van der Waals surface area contributed by atoms with Crippen LogP contribution in [0.2, 0.25) is 0 Å². The molecule has 3 aromatic rings. The second kappa shape index (κ2) is 7.29. The summed E-state index contributed by atoms with van der Waals surface area (Å²) in [7, 11) is 0. The summed E-state index contributed by atoms with van der Waals surface area (Å²) in [4.78, 5) is 19.5. The smallest absolute Gasteiger partial charge is 0.143 e. The Bertz CT molecular complexity index is 859. The van der Waals surface area contributed by atoms with Crippen LogP contribution in [0.5, 0.6) is 0 Å². The third kappa shape index (κ3) is 3.62. The van der Waals surface area contributed by atoms with Crippen molar-refractivity contribution in [3.05, 3.63) is 53.8 Å². The highest BCUT2D eigenvalue weighted by Gasteiger charge is 2.23. The summed E-state index contributed by atoms with van der Waals surface area (Å²) in [6, 6.07) is 2.07. The molecule has 3 aromatic heterocycles. The van der Waals surface area contributed by atoms with Crippen LogP contribution in [0.15, 0.2) is 35.6 Å². The van der Waals surface area contributed by atoms with Gasteiger partial charge in [-0.3, -0.25) is 4.90 Å². The van der Waals surface area contributed by atoms with Gasteiger partial charge < -0.3 is 4.52 Å². The summed E-state index contributed by atoms with van der Waals surface area (Å²) >= 11 is 0. The molecule has 26 heavy (non-hydrogen) atoms. The molecule has 0 saturated carbocycles. The first-order valence-electron chi connectivity index (χ1n) is 8.89. The molecule has 1 aliphatic rings. The second-order valence-electron chi connectivity index (χ2n) is 6.93. The Morgan fingerprint density at radius 1 is 1.15 bits per heavy atom. The van der Waals surface area contributed by atoms with Crippen molar-refractivity contribution in [3.63, 3.8) is 0 Å². The van der Waals surface area contributed by atoms with Crippen LogP contribution in [0.1, 0.15) is 29.1 Å². The molecule has 0 radical (unpaired) electrons. The van der Waals surface area contributed by atoms with Gasteiger partial charge in [-0.1, -0.05) is 5.16 Å². The van der Waals surface area contributed by atoms with Crippen LogP contribution in [0, 0.1) is 19.8 Å². The predicted octanol–water partition coefficient (Wildman–Crippen LogP) is 2.60. The number of hydrogen-bond acceptors (Lipinski definition) is 7. The molecule has 1 atom stereocenters. The van der Waals surface area contributed by atoms with Gasteiger partial charge in [-0.25, -0.2) is 19.9 Å². The van der Waals surface area contributed by atoms with Crippen LogP contribution < -0.4 is 0 Å². The Hall–Kier alpha value is -2.67. The first kappa shape index (κ1) is 16.8. The number of nitrogens with zero attached hydrogens (tertiary/aromatic N) is 6.